The van der Waals surface area contributed by atoms with Gasteiger partial charge in [0.15, 0.2) is 0 Å². The van der Waals surface area contributed by atoms with E-state index in [1.165, 1.54) is 12.5 Å². The average Bonchev–Trinajstić information content (AvgIpc) is 2.82. The molecule has 2 N–H and O–H groups in total. The van der Waals surface area contributed by atoms with Gasteiger partial charge in [-0.05, 0) is 37.9 Å². The van der Waals surface area contributed by atoms with Gasteiger partial charge in [-0.1, -0.05) is 23.7 Å². The molecular formula is C12H17ClN2O2S. The topological polar surface area (TPSA) is 58.2 Å². The van der Waals surface area contributed by atoms with Crippen LogP contribution in [0.3, 0.4) is 0 Å². The molecule has 0 unspecified atom stereocenters. The lowest BCUT2D eigenvalue weighted by atomic mass is 10.2. The maximum atomic E-state index is 12.0. The third-order valence-electron chi connectivity index (χ3n) is 3.07. The highest BCUT2D eigenvalue weighted by Crippen LogP contribution is 2.20. The van der Waals surface area contributed by atoms with E-state index >= 15 is 0 Å². The zero-order chi connectivity index (χ0) is 13.0. The zero-order valence-electron chi connectivity index (χ0n) is 10.0. The minimum atomic E-state index is -3.49. The highest BCUT2D eigenvalue weighted by atomic mass is 35.5. The van der Waals surface area contributed by atoms with Gasteiger partial charge in [-0.15, -0.1) is 0 Å². The number of benzene rings is 1. The van der Waals surface area contributed by atoms with Crippen molar-refractivity contribution in [2.75, 3.05) is 13.1 Å². The Morgan fingerprint density at radius 2 is 2.17 bits per heavy atom. The molecule has 0 spiro atoms. The van der Waals surface area contributed by atoms with E-state index in [2.05, 4.69) is 10.0 Å². The third-order valence-corrected chi connectivity index (χ3v) is 5.03. The fourth-order valence-electron chi connectivity index (χ4n) is 2.11. The first-order chi connectivity index (χ1) is 8.59. The molecule has 18 heavy (non-hydrogen) atoms. The Hall–Kier alpha value is -0.620. The van der Waals surface area contributed by atoms with Gasteiger partial charge in [-0.25, -0.2) is 13.1 Å². The van der Waals surface area contributed by atoms with Gasteiger partial charge in [0.05, 0.1) is 5.02 Å². The number of halogens is 1. The summed E-state index contributed by atoms with van der Waals surface area (Å²) in [6.07, 6.45) is 3.10. The monoisotopic (exact) mass is 288 g/mol. The molecule has 1 aliphatic rings. The Morgan fingerprint density at radius 3 is 2.83 bits per heavy atom. The minimum absolute atomic E-state index is 0.144. The van der Waals surface area contributed by atoms with E-state index in [-0.39, 0.29) is 9.92 Å². The molecule has 0 saturated carbocycles. The van der Waals surface area contributed by atoms with Crippen LogP contribution in [0.25, 0.3) is 0 Å². The second kappa shape index (κ2) is 6.02. The largest absolute Gasteiger partial charge is 0.314 e. The van der Waals surface area contributed by atoms with Crippen LogP contribution in [-0.4, -0.2) is 27.5 Å². The summed E-state index contributed by atoms with van der Waals surface area (Å²) in [6.45, 7) is 1.47. The lowest BCUT2D eigenvalue weighted by Gasteiger charge is -2.11. The molecule has 1 aromatic carbocycles. The van der Waals surface area contributed by atoms with E-state index in [0.29, 0.717) is 12.6 Å². The van der Waals surface area contributed by atoms with E-state index in [1.54, 1.807) is 18.2 Å². The van der Waals surface area contributed by atoms with Gasteiger partial charge in [0.25, 0.3) is 0 Å². The molecule has 1 saturated heterocycles. The number of rotatable bonds is 5. The highest BCUT2D eigenvalue weighted by Gasteiger charge is 2.18. The van der Waals surface area contributed by atoms with Crippen molar-refractivity contribution in [3.05, 3.63) is 29.3 Å². The Morgan fingerprint density at radius 1 is 1.39 bits per heavy atom. The predicted molar refractivity (Wildman–Crippen MR) is 72.3 cm³/mol. The summed E-state index contributed by atoms with van der Waals surface area (Å²) in [4.78, 5) is 0.144. The van der Waals surface area contributed by atoms with Crippen molar-refractivity contribution in [3.63, 3.8) is 0 Å². The van der Waals surface area contributed by atoms with Crippen LogP contribution in [0.2, 0.25) is 5.02 Å². The average molecular weight is 289 g/mol. The lowest BCUT2D eigenvalue weighted by Crippen LogP contribution is -2.30. The van der Waals surface area contributed by atoms with E-state index in [9.17, 15) is 8.42 Å². The molecule has 0 bridgehead atoms. The van der Waals surface area contributed by atoms with Crippen molar-refractivity contribution in [1.82, 2.24) is 10.0 Å². The zero-order valence-corrected chi connectivity index (χ0v) is 11.6. The van der Waals surface area contributed by atoms with Crippen LogP contribution < -0.4 is 10.0 Å². The molecule has 1 aliphatic heterocycles. The summed E-state index contributed by atoms with van der Waals surface area (Å²) in [7, 11) is -3.49. The maximum absolute atomic E-state index is 12.0. The molecule has 1 atom stereocenters. The molecule has 1 heterocycles. The number of hydrogen-bond donors (Lipinski definition) is 2. The normalized spacial score (nSPS) is 20.2. The first-order valence-electron chi connectivity index (χ1n) is 6.07. The fourth-order valence-corrected chi connectivity index (χ4v) is 3.68. The Kier molecular flexibility index (Phi) is 4.61. The van der Waals surface area contributed by atoms with Crippen molar-refractivity contribution >= 4 is 21.6 Å². The maximum Gasteiger partial charge on any atom is 0.242 e. The van der Waals surface area contributed by atoms with Crippen molar-refractivity contribution < 1.29 is 8.42 Å². The lowest BCUT2D eigenvalue weighted by molar-refractivity contribution is 0.539. The van der Waals surface area contributed by atoms with Crippen molar-refractivity contribution in [2.24, 2.45) is 0 Å². The Labute approximate surface area is 113 Å². The van der Waals surface area contributed by atoms with E-state index < -0.39 is 10.0 Å². The van der Waals surface area contributed by atoms with Crippen LogP contribution in [0.1, 0.15) is 19.3 Å². The second-order valence-corrected chi connectivity index (χ2v) is 6.55. The summed E-state index contributed by atoms with van der Waals surface area (Å²) in [5, 5.41) is 3.59. The quantitative estimate of drug-likeness (QED) is 0.868. The number of nitrogens with one attached hydrogen (secondary N) is 2. The van der Waals surface area contributed by atoms with Gasteiger partial charge in [0.1, 0.15) is 4.90 Å². The summed E-state index contributed by atoms with van der Waals surface area (Å²) >= 11 is 5.88. The Balaban J connectivity index is 1.93. The van der Waals surface area contributed by atoms with Crippen molar-refractivity contribution in [2.45, 2.75) is 30.2 Å². The van der Waals surface area contributed by atoms with Gasteiger partial charge in [-0.3, -0.25) is 0 Å². The Bertz CT molecular complexity index is 499. The SMILES string of the molecule is O=S(=O)(NCC[C@H]1CCCN1)c1ccccc1Cl. The molecule has 0 radical (unpaired) electrons. The fraction of sp³-hybridized carbons (Fsp3) is 0.500. The molecule has 0 aliphatic carbocycles. The van der Waals surface area contributed by atoms with E-state index in [1.807, 2.05) is 0 Å². The van der Waals surface area contributed by atoms with Crippen molar-refractivity contribution in [1.29, 1.82) is 0 Å². The molecule has 1 fully saturated rings. The van der Waals surface area contributed by atoms with Gasteiger partial charge < -0.3 is 5.32 Å². The minimum Gasteiger partial charge on any atom is -0.314 e. The molecular weight excluding hydrogens is 272 g/mol. The molecule has 1 aromatic rings. The molecule has 6 heteroatoms. The van der Waals surface area contributed by atoms with E-state index in [4.69, 9.17) is 11.6 Å². The number of sulfonamides is 1. The van der Waals surface area contributed by atoms with Crippen LogP contribution >= 0.6 is 11.6 Å². The van der Waals surface area contributed by atoms with E-state index in [0.717, 1.165) is 19.4 Å². The third kappa shape index (κ3) is 3.45. The van der Waals surface area contributed by atoms with Gasteiger partial charge in [0.2, 0.25) is 10.0 Å². The summed E-state index contributed by atoms with van der Waals surface area (Å²) in [5.74, 6) is 0. The first kappa shape index (κ1) is 13.8. The standard InChI is InChI=1S/C12H17ClN2O2S/c13-11-5-1-2-6-12(11)18(16,17)15-9-7-10-4-3-8-14-10/h1-2,5-6,10,14-15H,3-4,7-9H2/t10-/m1/s1. The molecule has 100 valence electrons. The van der Waals surface area contributed by atoms with Gasteiger partial charge in [0, 0.05) is 12.6 Å². The summed E-state index contributed by atoms with van der Waals surface area (Å²) < 4.78 is 26.6. The van der Waals surface area contributed by atoms with Gasteiger partial charge >= 0.3 is 0 Å². The molecule has 4 nitrogen and oxygen atoms in total. The van der Waals surface area contributed by atoms with Crippen LogP contribution in [0.4, 0.5) is 0 Å². The van der Waals surface area contributed by atoms with Crippen LogP contribution in [0, 0.1) is 0 Å². The van der Waals surface area contributed by atoms with Crippen LogP contribution in [0.5, 0.6) is 0 Å². The first-order valence-corrected chi connectivity index (χ1v) is 7.93. The molecule has 0 amide bonds. The highest BCUT2D eigenvalue weighted by molar-refractivity contribution is 7.89. The summed E-state index contributed by atoms with van der Waals surface area (Å²) in [6, 6.07) is 6.90. The smallest absolute Gasteiger partial charge is 0.242 e. The van der Waals surface area contributed by atoms with Crippen LogP contribution in [-0.2, 0) is 10.0 Å². The second-order valence-electron chi connectivity index (χ2n) is 4.41. The van der Waals surface area contributed by atoms with Crippen molar-refractivity contribution in [3.8, 4) is 0 Å². The predicted octanol–water partition coefficient (Wildman–Crippen LogP) is 1.76. The molecule has 0 aromatic heterocycles. The number of hydrogen-bond acceptors (Lipinski definition) is 3. The molecule has 2 rings (SSSR count). The van der Waals surface area contributed by atoms with Crippen LogP contribution in [0.15, 0.2) is 29.2 Å². The van der Waals surface area contributed by atoms with Gasteiger partial charge in [-0.2, -0.15) is 0 Å². The summed E-state index contributed by atoms with van der Waals surface area (Å²) in [5.41, 5.74) is 0.